The molecule has 26 heavy (non-hydrogen) atoms. The van der Waals surface area contributed by atoms with Crippen LogP contribution in [-0.4, -0.2) is 16.9 Å². The zero-order chi connectivity index (χ0) is 19.2. The van der Waals surface area contributed by atoms with Crippen LogP contribution in [0.1, 0.15) is 90.0 Å². The number of aliphatic hydroxyl groups excluding tert-OH is 1. The highest BCUT2D eigenvalue weighted by atomic mass is 16.3. The Morgan fingerprint density at radius 3 is 1.77 bits per heavy atom. The minimum Gasteiger partial charge on any atom is -0.389 e. The highest BCUT2D eigenvalue weighted by Crippen LogP contribution is 2.40. The van der Waals surface area contributed by atoms with E-state index in [4.69, 9.17) is 0 Å². The molecule has 2 aromatic rings. The molecule has 2 aromatic carbocycles. The normalized spacial score (nSPS) is 15.2. The number of para-hydroxylation sites is 1. The molecule has 0 aromatic heterocycles. The second kappa shape index (κ2) is 6.69. The summed E-state index contributed by atoms with van der Waals surface area (Å²) in [7, 11) is 0. The van der Waals surface area contributed by atoms with Crippen molar-refractivity contribution < 1.29 is 14.7 Å². The lowest BCUT2D eigenvalue weighted by Crippen LogP contribution is -2.32. The Kier molecular flexibility index (Phi) is 4.72. The average molecular weight is 351 g/mol. The number of carbonyl (C=O) groups excluding carboxylic acids is 2. The summed E-state index contributed by atoms with van der Waals surface area (Å²) in [4.78, 5) is 27.7. The largest absolute Gasteiger partial charge is 0.389 e. The van der Waals surface area contributed by atoms with Crippen LogP contribution in [0.15, 0.2) is 36.4 Å². The summed E-state index contributed by atoms with van der Waals surface area (Å²) in [5.41, 5.74) is 3.83. The Morgan fingerprint density at radius 1 is 0.769 bits per heavy atom. The van der Waals surface area contributed by atoms with Crippen LogP contribution in [0.5, 0.6) is 0 Å². The van der Waals surface area contributed by atoms with E-state index < -0.39 is 6.10 Å². The number of amides is 2. The SMILES string of the molecule is CC(C)c1cccc(C(C)C)c1N1C(=O)c2cccc(C(C)O)c2C1=O. The van der Waals surface area contributed by atoms with E-state index in [0.717, 1.165) is 11.1 Å². The quantitative estimate of drug-likeness (QED) is 0.806. The van der Waals surface area contributed by atoms with Crippen LogP contribution in [0, 0.1) is 0 Å². The fourth-order valence-electron chi connectivity index (χ4n) is 3.63. The van der Waals surface area contributed by atoms with Gasteiger partial charge in [-0.25, -0.2) is 4.90 Å². The van der Waals surface area contributed by atoms with Crippen LogP contribution in [0.25, 0.3) is 0 Å². The van der Waals surface area contributed by atoms with E-state index in [-0.39, 0.29) is 23.7 Å². The molecule has 136 valence electrons. The third kappa shape index (κ3) is 2.74. The molecule has 1 atom stereocenters. The molecular formula is C22H25NO3. The molecule has 0 fully saturated rings. The molecule has 1 aliphatic rings. The Hall–Kier alpha value is -2.46. The average Bonchev–Trinajstić information content (AvgIpc) is 2.85. The van der Waals surface area contributed by atoms with Gasteiger partial charge in [-0.05, 0) is 41.5 Å². The van der Waals surface area contributed by atoms with Gasteiger partial charge < -0.3 is 5.11 Å². The van der Waals surface area contributed by atoms with Crippen molar-refractivity contribution in [1.82, 2.24) is 0 Å². The van der Waals surface area contributed by atoms with Gasteiger partial charge in [0.25, 0.3) is 11.8 Å². The molecule has 1 heterocycles. The first kappa shape index (κ1) is 18.3. The van der Waals surface area contributed by atoms with E-state index in [9.17, 15) is 14.7 Å². The number of rotatable bonds is 4. The van der Waals surface area contributed by atoms with Gasteiger partial charge in [0.1, 0.15) is 0 Å². The molecule has 0 saturated heterocycles. The molecular weight excluding hydrogens is 326 g/mol. The second-order valence-electron chi connectivity index (χ2n) is 7.49. The lowest BCUT2D eigenvalue weighted by molar-refractivity contribution is 0.0923. The van der Waals surface area contributed by atoms with E-state index in [1.807, 2.05) is 18.2 Å². The number of fused-ring (bicyclic) bond motifs is 1. The first-order valence-electron chi connectivity index (χ1n) is 9.08. The maximum atomic E-state index is 13.3. The van der Waals surface area contributed by atoms with E-state index >= 15 is 0 Å². The van der Waals surface area contributed by atoms with Gasteiger partial charge in [0, 0.05) is 0 Å². The van der Waals surface area contributed by atoms with Gasteiger partial charge in [-0.2, -0.15) is 0 Å². The molecule has 0 aliphatic carbocycles. The van der Waals surface area contributed by atoms with Crippen molar-refractivity contribution in [2.75, 3.05) is 4.90 Å². The van der Waals surface area contributed by atoms with Crippen molar-refractivity contribution >= 4 is 17.5 Å². The van der Waals surface area contributed by atoms with E-state index in [1.165, 1.54) is 4.90 Å². The Balaban J connectivity index is 2.26. The zero-order valence-electron chi connectivity index (χ0n) is 15.9. The number of imide groups is 1. The van der Waals surface area contributed by atoms with E-state index in [1.54, 1.807) is 25.1 Å². The van der Waals surface area contributed by atoms with Crippen molar-refractivity contribution in [1.29, 1.82) is 0 Å². The fourth-order valence-corrected chi connectivity index (χ4v) is 3.63. The van der Waals surface area contributed by atoms with Crippen LogP contribution in [0.3, 0.4) is 0 Å². The summed E-state index contributed by atoms with van der Waals surface area (Å²) in [6.07, 6.45) is -0.813. The summed E-state index contributed by atoms with van der Waals surface area (Å²) >= 11 is 0. The van der Waals surface area contributed by atoms with Gasteiger partial charge in [0.05, 0.1) is 22.9 Å². The first-order chi connectivity index (χ1) is 12.3. The summed E-state index contributed by atoms with van der Waals surface area (Å²) in [5.74, 6) is -0.326. The highest BCUT2D eigenvalue weighted by molar-refractivity contribution is 6.35. The van der Waals surface area contributed by atoms with Gasteiger partial charge in [-0.3, -0.25) is 9.59 Å². The molecule has 0 bridgehead atoms. The summed E-state index contributed by atoms with van der Waals surface area (Å²) in [5, 5.41) is 10.1. The predicted octanol–water partition coefficient (Wildman–Crippen LogP) is 4.79. The number of anilines is 1. The number of carbonyl (C=O) groups is 2. The second-order valence-corrected chi connectivity index (χ2v) is 7.49. The van der Waals surface area contributed by atoms with Crippen molar-refractivity contribution in [3.63, 3.8) is 0 Å². The molecule has 0 radical (unpaired) electrons. The van der Waals surface area contributed by atoms with E-state index in [2.05, 4.69) is 27.7 Å². The summed E-state index contributed by atoms with van der Waals surface area (Å²) in [6, 6.07) is 11.0. The van der Waals surface area contributed by atoms with Crippen molar-refractivity contribution in [3.05, 3.63) is 64.2 Å². The minimum absolute atomic E-state index is 0.171. The maximum Gasteiger partial charge on any atom is 0.266 e. The molecule has 0 spiro atoms. The monoisotopic (exact) mass is 351 g/mol. The number of aliphatic hydroxyl groups is 1. The summed E-state index contributed by atoms with van der Waals surface area (Å²) in [6.45, 7) is 9.84. The number of benzene rings is 2. The Bertz CT molecular complexity index is 855. The molecule has 1 aliphatic heterocycles. The molecule has 1 N–H and O–H groups in total. The van der Waals surface area contributed by atoms with E-state index in [0.29, 0.717) is 22.4 Å². The van der Waals surface area contributed by atoms with Crippen molar-refractivity contribution in [3.8, 4) is 0 Å². The van der Waals surface area contributed by atoms with Crippen LogP contribution in [0.4, 0.5) is 5.69 Å². The molecule has 1 unspecified atom stereocenters. The predicted molar refractivity (Wildman–Crippen MR) is 103 cm³/mol. The lowest BCUT2D eigenvalue weighted by atomic mass is 9.92. The Morgan fingerprint density at radius 2 is 1.27 bits per heavy atom. The standard InChI is InChI=1S/C22H25NO3/c1-12(2)15-8-6-9-16(13(3)4)20(15)23-21(25)18-11-7-10-17(14(5)24)19(18)22(23)26/h6-14,24H,1-5H3. The van der Waals surface area contributed by atoms with Crippen LogP contribution in [0.2, 0.25) is 0 Å². The maximum absolute atomic E-state index is 13.3. The third-order valence-electron chi connectivity index (χ3n) is 4.96. The smallest absolute Gasteiger partial charge is 0.266 e. The minimum atomic E-state index is -0.813. The Labute approximate surface area is 154 Å². The molecule has 4 heteroatoms. The van der Waals surface area contributed by atoms with Crippen LogP contribution in [-0.2, 0) is 0 Å². The van der Waals surface area contributed by atoms with Gasteiger partial charge in [-0.1, -0.05) is 58.0 Å². The van der Waals surface area contributed by atoms with Gasteiger partial charge in [-0.15, -0.1) is 0 Å². The van der Waals surface area contributed by atoms with Gasteiger partial charge >= 0.3 is 0 Å². The zero-order valence-corrected chi connectivity index (χ0v) is 15.9. The first-order valence-corrected chi connectivity index (χ1v) is 9.08. The molecule has 2 amide bonds. The topological polar surface area (TPSA) is 57.6 Å². The number of nitrogens with zero attached hydrogens (tertiary/aromatic N) is 1. The van der Waals surface area contributed by atoms with Crippen molar-refractivity contribution in [2.24, 2.45) is 0 Å². The highest BCUT2D eigenvalue weighted by Gasteiger charge is 2.41. The van der Waals surface area contributed by atoms with Crippen molar-refractivity contribution in [2.45, 2.75) is 52.6 Å². The lowest BCUT2D eigenvalue weighted by Gasteiger charge is -2.25. The molecule has 4 nitrogen and oxygen atoms in total. The molecule has 0 saturated carbocycles. The summed E-state index contributed by atoms with van der Waals surface area (Å²) < 4.78 is 0. The van der Waals surface area contributed by atoms with Crippen LogP contribution < -0.4 is 4.90 Å². The van der Waals surface area contributed by atoms with Gasteiger partial charge in [0.2, 0.25) is 0 Å². The third-order valence-corrected chi connectivity index (χ3v) is 4.96. The van der Waals surface area contributed by atoms with Gasteiger partial charge in [0.15, 0.2) is 0 Å². The fraction of sp³-hybridized carbons (Fsp3) is 0.364. The molecule has 3 rings (SSSR count). The number of hydrogen-bond donors (Lipinski definition) is 1. The van der Waals surface area contributed by atoms with Crippen LogP contribution >= 0.6 is 0 Å². The number of hydrogen-bond acceptors (Lipinski definition) is 3.